The highest BCUT2D eigenvalue weighted by Crippen LogP contribution is 2.30. The molecule has 0 N–H and O–H groups in total. The maximum atomic E-state index is 12.1. The molecular weight excluding hydrogens is 295 g/mol. The first kappa shape index (κ1) is 14.4. The molecule has 114 valence electrons. The van der Waals surface area contributed by atoms with Gasteiger partial charge in [0.2, 0.25) is 0 Å². The van der Waals surface area contributed by atoms with Crippen LogP contribution in [0.1, 0.15) is 15.9 Å². The first-order valence-corrected chi connectivity index (χ1v) is 6.58. The fourth-order valence-corrected chi connectivity index (χ4v) is 2.49. The van der Waals surface area contributed by atoms with Gasteiger partial charge in [0.05, 0.1) is 0 Å². The van der Waals surface area contributed by atoms with E-state index in [1.165, 1.54) is 12.1 Å². The molecule has 22 heavy (non-hydrogen) atoms. The fourth-order valence-electron chi connectivity index (χ4n) is 2.49. The molecule has 0 radical (unpaired) electrons. The molecule has 1 aliphatic rings. The lowest BCUT2D eigenvalue weighted by Gasteiger charge is -2.09. The molecular formula is C16H12F3NO2. The SMILES string of the molecule is CN1Cc2cc(-c3ccc(OC(F)(F)F)cc3)ccc2C1=O. The monoisotopic (exact) mass is 307 g/mol. The van der Waals surface area contributed by atoms with Crippen molar-refractivity contribution in [1.29, 1.82) is 0 Å². The highest BCUT2D eigenvalue weighted by atomic mass is 19.4. The summed E-state index contributed by atoms with van der Waals surface area (Å²) in [7, 11) is 1.73. The summed E-state index contributed by atoms with van der Waals surface area (Å²) in [6.45, 7) is 0.539. The third kappa shape index (κ3) is 2.77. The predicted octanol–water partition coefficient (Wildman–Crippen LogP) is 3.84. The van der Waals surface area contributed by atoms with Crippen molar-refractivity contribution in [2.75, 3.05) is 7.05 Å². The van der Waals surface area contributed by atoms with Crippen LogP contribution in [0.4, 0.5) is 13.2 Å². The van der Waals surface area contributed by atoms with Crippen LogP contribution in [0.2, 0.25) is 0 Å². The number of fused-ring (bicyclic) bond motifs is 1. The van der Waals surface area contributed by atoms with Gasteiger partial charge in [-0.15, -0.1) is 13.2 Å². The van der Waals surface area contributed by atoms with Crippen molar-refractivity contribution in [3.05, 3.63) is 53.6 Å². The molecule has 1 aliphatic heterocycles. The standard InChI is InChI=1S/C16H12F3NO2/c1-20-9-12-8-11(4-7-14(12)15(20)21)10-2-5-13(6-3-10)22-16(17,18)19/h2-8H,9H2,1H3. The van der Waals surface area contributed by atoms with E-state index < -0.39 is 6.36 Å². The number of benzene rings is 2. The molecule has 3 nitrogen and oxygen atoms in total. The Morgan fingerprint density at radius 2 is 1.68 bits per heavy atom. The van der Waals surface area contributed by atoms with Gasteiger partial charge in [0.1, 0.15) is 5.75 Å². The first-order chi connectivity index (χ1) is 10.3. The van der Waals surface area contributed by atoms with Gasteiger partial charge in [-0.2, -0.15) is 0 Å². The van der Waals surface area contributed by atoms with Crippen LogP contribution in [0.15, 0.2) is 42.5 Å². The Morgan fingerprint density at radius 3 is 2.32 bits per heavy atom. The number of alkyl halides is 3. The van der Waals surface area contributed by atoms with E-state index in [2.05, 4.69) is 4.74 Å². The van der Waals surface area contributed by atoms with E-state index in [9.17, 15) is 18.0 Å². The molecule has 3 rings (SSSR count). The molecule has 0 bridgehead atoms. The number of hydrogen-bond donors (Lipinski definition) is 0. The van der Waals surface area contributed by atoms with E-state index in [4.69, 9.17) is 0 Å². The first-order valence-electron chi connectivity index (χ1n) is 6.58. The number of carbonyl (C=O) groups excluding carboxylic acids is 1. The van der Waals surface area contributed by atoms with Crippen molar-refractivity contribution in [2.24, 2.45) is 0 Å². The van der Waals surface area contributed by atoms with Crippen LogP contribution in [-0.4, -0.2) is 24.2 Å². The number of hydrogen-bond acceptors (Lipinski definition) is 2. The summed E-state index contributed by atoms with van der Waals surface area (Å²) in [4.78, 5) is 13.4. The van der Waals surface area contributed by atoms with Gasteiger partial charge in [0.25, 0.3) is 5.91 Å². The van der Waals surface area contributed by atoms with Gasteiger partial charge in [0.15, 0.2) is 0 Å². The van der Waals surface area contributed by atoms with Crippen LogP contribution in [-0.2, 0) is 6.54 Å². The average Bonchev–Trinajstić information content (AvgIpc) is 2.73. The smallest absolute Gasteiger partial charge is 0.406 e. The molecule has 6 heteroatoms. The Hall–Kier alpha value is -2.50. The minimum Gasteiger partial charge on any atom is -0.406 e. The van der Waals surface area contributed by atoms with E-state index in [0.29, 0.717) is 12.1 Å². The molecule has 0 saturated heterocycles. The van der Waals surface area contributed by atoms with E-state index in [1.54, 1.807) is 36.2 Å². The highest BCUT2D eigenvalue weighted by molar-refractivity contribution is 5.98. The molecule has 1 amide bonds. The fraction of sp³-hybridized carbons (Fsp3) is 0.188. The minimum absolute atomic E-state index is 0.0181. The highest BCUT2D eigenvalue weighted by Gasteiger charge is 2.31. The summed E-state index contributed by atoms with van der Waals surface area (Å²) in [5.74, 6) is -0.275. The predicted molar refractivity (Wildman–Crippen MR) is 74.4 cm³/mol. The van der Waals surface area contributed by atoms with Crippen LogP contribution in [0, 0.1) is 0 Å². The summed E-state index contributed by atoms with van der Waals surface area (Å²) in [5.41, 5.74) is 3.20. The lowest BCUT2D eigenvalue weighted by Crippen LogP contribution is -2.17. The third-order valence-electron chi connectivity index (χ3n) is 3.51. The minimum atomic E-state index is -4.69. The lowest BCUT2D eigenvalue weighted by molar-refractivity contribution is -0.274. The van der Waals surface area contributed by atoms with Gasteiger partial charge in [-0.1, -0.05) is 18.2 Å². The van der Waals surface area contributed by atoms with Gasteiger partial charge in [0, 0.05) is 19.2 Å². The quantitative estimate of drug-likeness (QED) is 0.843. The summed E-state index contributed by atoms with van der Waals surface area (Å²) in [6, 6.07) is 11.1. The number of nitrogens with zero attached hydrogens (tertiary/aromatic N) is 1. The van der Waals surface area contributed by atoms with Crippen molar-refractivity contribution >= 4 is 5.91 Å². The second kappa shape index (κ2) is 5.05. The van der Waals surface area contributed by atoms with Crippen molar-refractivity contribution in [2.45, 2.75) is 12.9 Å². The molecule has 0 saturated carbocycles. The molecule has 1 heterocycles. The van der Waals surface area contributed by atoms with Gasteiger partial charge in [-0.05, 0) is 41.0 Å². The largest absolute Gasteiger partial charge is 0.573 e. The maximum absolute atomic E-state index is 12.1. The Morgan fingerprint density at radius 1 is 1.05 bits per heavy atom. The van der Waals surface area contributed by atoms with Gasteiger partial charge in [-0.3, -0.25) is 4.79 Å². The van der Waals surface area contributed by atoms with Crippen LogP contribution < -0.4 is 4.74 Å². The molecule has 2 aromatic rings. The zero-order valence-corrected chi connectivity index (χ0v) is 11.6. The number of carbonyl (C=O) groups is 1. The van der Waals surface area contributed by atoms with Crippen molar-refractivity contribution in [3.63, 3.8) is 0 Å². The Balaban J connectivity index is 1.87. The molecule has 0 unspecified atom stereocenters. The van der Waals surface area contributed by atoms with Crippen LogP contribution >= 0.6 is 0 Å². The zero-order valence-electron chi connectivity index (χ0n) is 11.6. The van der Waals surface area contributed by atoms with Crippen LogP contribution in [0.5, 0.6) is 5.75 Å². The normalized spacial score (nSPS) is 14.2. The Labute approximate surface area is 124 Å². The lowest BCUT2D eigenvalue weighted by atomic mass is 10.0. The van der Waals surface area contributed by atoms with E-state index >= 15 is 0 Å². The van der Waals surface area contributed by atoms with Crippen molar-refractivity contribution in [3.8, 4) is 16.9 Å². The summed E-state index contributed by atoms with van der Waals surface area (Å²) in [5, 5.41) is 0. The number of ether oxygens (including phenoxy) is 1. The van der Waals surface area contributed by atoms with Crippen molar-refractivity contribution in [1.82, 2.24) is 4.90 Å². The van der Waals surface area contributed by atoms with E-state index in [1.807, 2.05) is 6.07 Å². The second-order valence-corrected chi connectivity index (χ2v) is 5.11. The van der Waals surface area contributed by atoms with Crippen molar-refractivity contribution < 1.29 is 22.7 Å². The number of rotatable bonds is 2. The van der Waals surface area contributed by atoms with Gasteiger partial charge < -0.3 is 9.64 Å². The van der Waals surface area contributed by atoms with E-state index in [0.717, 1.165) is 16.7 Å². The van der Waals surface area contributed by atoms with Crippen LogP contribution in [0.25, 0.3) is 11.1 Å². The molecule has 0 atom stereocenters. The summed E-state index contributed by atoms with van der Waals surface area (Å²) >= 11 is 0. The molecule has 0 aromatic heterocycles. The molecule has 0 fully saturated rings. The molecule has 0 aliphatic carbocycles. The topological polar surface area (TPSA) is 29.5 Å². The number of halogens is 3. The summed E-state index contributed by atoms with van der Waals surface area (Å²) in [6.07, 6.45) is -4.69. The maximum Gasteiger partial charge on any atom is 0.573 e. The summed E-state index contributed by atoms with van der Waals surface area (Å²) < 4.78 is 40.2. The van der Waals surface area contributed by atoms with E-state index in [-0.39, 0.29) is 11.7 Å². The Kier molecular flexibility index (Phi) is 3.31. The average molecular weight is 307 g/mol. The third-order valence-corrected chi connectivity index (χ3v) is 3.51. The Bertz CT molecular complexity index is 723. The second-order valence-electron chi connectivity index (χ2n) is 5.11. The van der Waals surface area contributed by atoms with Gasteiger partial charge in [-0.25, -0.2) is 0 Å². The molecule has 0 spiro atoms. The number of amides is 1. The zero-order chi connectivity index (χ0) is 15.9. The molecule has 2 aromatic carbocycles. The van der Waals surface area contributed by atoms with Gasteiger partial charge >= 0.3 is 6.36 Å². The van der Waals surface area contributed by atoms with Crippen LogP contribution in [0.3, 0.4) is 0 Å².